The monoisotopic (exact) mass is 364 g/mol. The van der Waals surface area contributed by atoms with E-state index in [1.54, 1.807) is 11.3 Å². The summed E-state index contributed by atoms with van der Waals surface area (Å²) in [5, 5.41) is 3.14. The summed E-state index contributed by atoms with van der Waals surface area (Å²) in [6.45, 7) is 11.6. The van der Waals surface area contributed by atoms with Crippen LogP contribution in [0.4, 0.5) is 5.13 Å². The first kappa shape index (κ1) is 18.5. The molecule has 25 heavy (non-hydrogen) atoms. The molecule has 1 aromatic rings. The van der Waals surface area contributed by atoms with E-state index in [0.717, 1.165) is 37.9 Å². The fraction of sp³-hybridized carbons (Fsp3) is 0.778. The molecule has 2 fully saturated rings. The summed E-state index contributed by atoms with van der Waals surface area (Å²) < 4.78 is 0. The Labute approximate surface area is 155 Å². The largest absolute Gasteiger partial charge is 0.370 e. The van der Waals surface area contributed by atoms with Crippen molar-refractivity contribution in [3.05, 3.63) is 11.6 Å². The van der Waals surface area contributed by atoms with Gasteiger partial charge in [-0.1, -0.05) is 13.8 Å². The third-order valence-corrected chi connectivity index (χ3v) is 5.99. The number of guanidine groups is 1. The van der Waals surface area contributed by atoms with Gasteiger partial charge >= 0.3 is 0 Å². The van der Waals surface area contributed by atoms with E-state index in [4.69, 9.17) is 10.7 Å². The van der Waals surface area contributed by atoms with Crippen molar-refractivity contribution in [2.45, 2.75) is 39.2 Å². The third kappa shape index (κ3) is 5.07. The van der Waals surface area contributed by atoms with Crippen LogP contribution in [-0.4, -0.2) is 72.6 Å². The Morgan fingerprint density at radius 3 is 2.52 bits per heavy atom. The lowest BCUT2D eigenvalue weighted by molar-refractivity contribution is 0.218. The average Bonchev–Trinajstić information content (AvgIpc) is 3.31. The molecule has 0 aliphatic carbocycles. The molecule has 2 N–H and O–H groups in total. The maximum Gasteiger partial charge on any atom is 0.191 e. The Bertz CT molecular complexity index is 530. The Hall–Kier alpha value is -1.34. The number of hydrogen-bond acceptors (Lipinski definition) is 5. The van der Waals surface area contributed by atoms with Crippen LogP contribution in [0.25, 0.3) is 0 Å². The SMILES string of the molecule is CC(C)CC(CN=C(N)N1CCN(c2nccs2)CC1)N1CCCC1. The van der Waals surface area contributed by atoms with Gasteiger partial charge in [-0.2, -0.15) is 0 Å². The lowest BCUT2D eigenvalue weighted by Gasteiger charge is -2.35. The van der Waals surface area contributed by atoms with Gasteiger partial charge in [-0.3, -0.25) is 9.89 Å². The molecule has 7 heteroatoms. The molecule has 3 rings (SSSR count). The van der Waals surface area contributed by atoms with Crippen molar-refractivity contribution >= 4 is 22.4 Å². The number of aromatic nitrogens is 1. The van der Waals surface area contributed by atoms with Gasteiger partial charge in [0, 0.05) is 43.8 Å². The number of piperazine rings is 1. The lowest BCUT2D eigenvalue weighted by Crippen LogP contribution is -2.51. The van der Waals surface area contributed by atoms with Gasteiger partial charge in [0.25, 0.3) is 0 Å². The van der Waals surface area contributed by atoms with Crippen molar-refractivity contribution in [3.63, 3.8) is 0 Å². The molecule has 0 radical (unpaired) electrons. The van der Waals surface area contributed by atoms with Crippen LogP contribution >= 0.6 is 11.3 Å². The smallest absolute Gasteiger partial charge is 0.191 e. The van der Waals surface area contributed by atoms with Crippen molar-refractivity contribution in [2.24, 2.45) is 16.6 Å². The van der Waals surface area contributed by atoms with Crippen LogP contribution < -0.4 is 10.6 Å². The molecule has 2 aliphatic rings. The van der Waals surface area contributed by atoms with E-state index >= 15 is 0 Å². The second-order valence-corrected chi connectivity index (χ2v) is 8.39. The van der Waals surface area contributed by atoms with Crippen molar-refractivity contribution in [2.75, 3.05) is 50.7 Å². The quantitative estimate of drug-likeness (QED) is 0.619. The van der Waals surface area contributed by atoms with Crippen LogP contribution in [0.5, 0.6) is 0 Å². The van der Waals surface area contributed by atoms with Gasteiger partial charge in [0.1, 0.15) is 0 Å². The number of nitrogens with zero attached hydrogens (tertiary/aromatic N) is 5. The number of rotatable bonds is 6. The first-order valence-corrected chi connectivity index (χ1v) is 10.4. The highest BCUT2D eigenvalue weighted by Crippen LogP contribution is 2.20. The summed E-state index contributed by atoms with van der Waals surface area (Å²) in [5.41, 5.74) is 6.32. The van der Waals surface area contributed by atoms with Gasteiger partial charge in [-0.05, 0) is 38.3 Å². The number of likely N-dealkylation sites (tertiary alicyclic amines) is 1. The van der Waals surface area contributed by atoms with E-state index < -0.39 is 0 Å². The zero-order chi connectivity index (χ0) is 17.6. The van der Waals surface area contributed by atoms with Gasteiger partial charge in [-0.15, -0.1) is 11.3 Å². The average molecular weight is 365 g/mol. The van der Waals surface area contributed by atoms with Crippen molar-refractivity contribution in [1.29, 1.82) is 0 Å². The normalized spacial score (nSPS) is 21.3. The van der Waals surface area contributed by atoms with Gasteiger partial charge in [0.2, 0.25) is 0 Å². The van der Waals surface area contributed by atoms with E-state index in [2.05, 4.69) is 33.5 Å². The molecule has 1 atom stereocenters. The minimum atomic E-state index is 0.539. The van der Waals surface area contributed by atoms with E-state index in [1.165, 1.54) is 32.4 Å². The fourth-order valence-corrected chi connectivity index (χ4v) is 4.48. The van der Waals surface area contributed by atoms with Crippen molar-refractivity contribution < 1.29 is 0 Å². The van der Waals surface area contributed by atoms with Crippen molar-refractivity contribution in [3.8, 4) is 0 Å². The van der Waals surface area contributed by atoms with Crippen LogP contribution in [-0.2, 0) is 0 Å². The molecule has 3 heterocycles. The van der Waals surface area contributed by atoms with Gasteiger partial charge in [-0.25, -0.2) is 4.98 Å². The van der Waals surface area contributed by atoms with E-state index in [0.29, 0.717) is 17.9 Å². The molecule has 0 spiro atoms. The van der Waals surface area contributed by atoms with E-state index in [1.807, 2.05) is 11.6 Å². The Morgan fingerprint density at radius 2 is 1.92 bits per heavy atom. The molecule has 2 saturated heterocycles. The van der Waals surface area contributed by atoms with Gasteiger partial charge in [0.15, 0.2) is 11.1 Å². The molecule has 2 aliphatic heterocycles. The predicted molar refractivity (Wildman–Crippen MR) is 106 cm³/mol. The minimum Gasteiger partial charge on any atom is -0.370 e. The maximum absolute atomic E-state index is 6.32. The van der Waals surface area contributed by atoms with E-state index in [9.17, 15) is 0 Å². The minimum absolute atomic E-state index is 0.539. The molecule has 0 aromatic carbocycles. The summed E-state index contributed by atoms with van der Waals surface area (Å²) in [6.07, 6.45) is 5.73. The Balaban J connectivity index is 1.51. The Morgan fingerprint density at radius 1 is 1.20 bits per heavy atom. The summed E-state index contributed by atoms with van der Waals surface area (Å²) >= 11 is 1.70. The van der Waals surface area contributed by atoms with Crippen molar-refractivity contribution in [1.82, 2.24) is 14.8 Å². The Kier molecular flexibility index (Phi) is 6.53. The number of thiazole rings is 1. The molecule has 0 amide bonds. The molecule has 1 aromatic heterocycles. The molecule has 0 saturated carbocycles. The van der Waals surface area contributed by atoms with Gasteiger partial charge in [0.05, 0.1) is 6.54 Å². The van der Waals surface area contributed by atoms with Crippen LogP contribution in [0.1, 0.15) is 33.1 Å². The number of nitrogens with two attached hydrogens (primary N) is 1. The van der Waals surface area contributed by atoms with Crippen LogP contribution in [0, 0.1) is 5.92 Å². The number of anilines is 1. The van der Waals surface area contributed by atoms with Crippen LogP contribution in [0.15, 0.2) is 16.6 Å². The molecule has 1 unspecified atom stereocenters. The first-order valence-electron chi connectivity index (χ1n) is 9.57. The second-order valence-electron chi connectivity index (χ2n) is 7.51. The maximum atomic E-state index is 6.32. The summed E-state index contributed by atoms with van der Waals surface area (Å²) in [5.74, 6) is 1.41. The summed E-state index contributed by atoms with van der Waals surface area (Å²) in [6, 6.07) is 0.539. The van der Waals surface area contributed by atoms with Gasteiger partial charge < -0.3 is 15.5 Å². The third-order valence-electron chi connectivity index (χ3n) is 5.16. The lowest BCUT2D eigenvalue weighted by atomic mass is 10.0. The fourth-order valence-electron chi connectivity index (χ4n) is 3.79. The summed E-state index contributed by atoms with van der Waals surface area (Å²) in [7, 11) is 0. The van der Waals surface area contributed by atoms with Crippen LogP contribution in [0.3, 0.4) is 0 Å². The molecular weight excluding hydrogens is 332 g/mol. The zero-order valence-electron chi connectivity index (χ0n) is 15.6. The molecule has 0 bridgehead atoms. The summed E-state index contributed by atoms with van der Waals surface area (Å²) in [4.78, 5) is 16.3. The number of hydrogen-bond donors (Lipinski definition) is 1. The predicted octanol–water partition coefficient (Wildman–Crippen LogP) is 2.09. The highest BCUT2D eigenvalue weighted by molar-refractivity contribution is 7.13. The number of aliphatic imine (C=N–C) groups is 1. The first-order chi connectivity index (χ1) is 12.1. The highest BCUT2D eigenvalue weighted by atomic mass is 32.1. The zero-order valence-corrected chi connectivity index (χ0v) is 16.4. The van der Waals surface area contributed by atoms with Crippen LogP contribution in [0.2, 0.25) is 0 Å². The van der Waals surface area contributed by atoms with E-state index in [-0.39, 0.29) is 0 Å². The standard InChI is InChI=1S/C18H32N6S/c1-15(2)13-16(22-6-3-4-7-22)14-21-17(19)23-8-10-24(11-9-23)18-20-5-12-25-18/h5,12,15-16H,3-4,6-11,13-14H2,1-2H3,(H2,19,21). The highest BCUT2D eigenvalue weighted by Gasteiger charge is 2.24. The molecular formula is C18H32N6S. The molecule has 6 nitrogen and oxygen atoms in total. The second kappa shape index (κ2) is 8.85. The molecule has 140 valence electrons. The topological polar surface area (TPSA) is 61.0 Å².